The highest BCUT2D eigenvalue weighted by Gasteiger charge is 2.22. The van der Waals surface area contributed by atoms with Gasteiger partial charge in [0, 0.05) is 32.6 Å². The van der Waals surface area contributed by atoms with Crippen molar-refractivity contribution in [2.24, 2.45) is 5.92 Å². The summed E-state index contributed by atoms with van der Waals surface area (Å²) < 4.78 is 15.3. The van der Waals surface area contributed by atoms with Crippen LogP contribution in [0.5, 0.6) is 11.5 Å². The number of rotatable bonds is 10. The summed E-state index contributed by atoms with van der Waals surface area (Å²) in [5.74, 6) is -0.258. The molecule has 26 heavy (non-hydrogen) atoms. The molecule has 8 heteroatoms. The molecule has 1 unspecified atom stereocenters. The summed E-state index contributed by atoms with van der Waals surface area (Å²) in [5.41, 5.74) is 0. The summed E-state index contributed by atoms with van der Waals surface area (Å²) in [6.45, 7) is 3.60. The van der Waals surface area contributed by atoms with E-state index in [9.17, 15) is 14.4 Å². The molecule has 0 aliphatic heterocycles. The molecule has 0 spiro atoms. The lowest BCUT2D eigenvalue weighted by atomic mass is 10.1. The molecule has 2 amide bonds. The lowest BCUT2D eigenvalue weighted by Crippen LogP contribution is -2.43. The number of benzene rings is 1. The Labute approximate surface area is 153 Å². The zero-order chi connectivity index (χ0) is 19.5. The predicted molar refractivity (Wildman–Crippen MR) is 94.9 cm³/mol. The van der Waals surface area contributed by atoms with Crippen molar-refractivity contribution >= 4 is 17.8 Å². The van der Waals surface area contributed by atoms with E-state index in [-0.39, 0.29) is 38.1 Å². The van der Waals surface area contributed by atoms with Crippen LogP contribution in [0.25, 0.3) is 0 Å². The van der Waals surface area contributed by atoms with Crippen LogP contribution >= 0.6 is 0 Å². The van der Waals surface area contributed by atoms with Crippen molar-refractivity contribution in [2.45, 2.75) is 13.8 Å². The van der Waals surface area contributed by atoms with Gasteiger partial charge in [-0.15, -0.1) is 0 Å². The molecule has 8 nitrogen and oxygen atoms in total. The molecular weight excluding hydrogens is 340 g/mol. The molecule has 0 saturated heterocycles. The maximum absolute atomic E-state index is 12.5. The van der Waals surface area contributed by atoms with Crippen molar-refractivity contribution in [2.75, 3.05) is 40.5 Å². The number of ether oxygens (including phenoxy) is 3. The predicted octanol–water partition coefficient (Wildman–Crippen LogP) is 0.848. The quantitative estimate of drug-likeness (QED) is 0.617. The fraction of sp³-hybridized carbons (Fsp3) is 0.500. The van der Waals surface area contributed by atoms with E-state index in [0.29, 0.717) is 11.5 Å². The van der Waals surface area contributed by atoms with Crippen molar-refractivity contribution in [3.63, 3.8) is 0 Å². The molecule has 144 valence electrons. The Hall–Kier alpha value is -2.77. The number of methoxy groups -OCH3 is 2. The standard InChI is InChI=1S/C18H26N2O6/c1-13(18(23)25-4)11-20(9-8-19-14(2)21)17(22)12-26-16-7-5-6-15(10-16)24-3/h5-7,10,13H,8-9,11-12H2,1-4H3,(H,19,21). The Morgan fingerprint density at radius 3 is 2.50 bits per heavy atom. The normalized spacial score (nSPS) is 11.2. The second-order valence-corrected chi connectivity index (χ2v) is 5.71. The van der Waals surface area contributed by atoms with Gasteiger partial charge in [0.05, 0.1) is 20.1 Å². The lowest BCUT2D eigenvalue weighted by Gasteiger charge is -2.25. The number of carbonyl (C=O) groups excluding carboxylic acids is 3. The summed E-state index contributed by atoms with van der Waals surface area (Å²) in [7, 11) is 2.84. The van der Waals surface area contributed by atoms with E-state index < -0.39 is 11.9 Å². The highest BCUT2D eigenvalue weighted by Crippen LogP contribution is 2.18. The Bertz CT molecular complexity index is 619. The maximum Gasteiger partial charge on any atom is 0.310 e. The van der Waals surface area contributed by atoms with E-state index in [4.69, 9.17) is 14.2 Å². The van der Waals surface area contributed by atoms with E-state index in [1.54, 1.807) is 38.3 Å². The van der Waals surface area contributed by atoms with E-state index in [2.05, 4.69) is 5.32 Å². The van der Waals surface area contributed by atoms with Gasteiger partial charge in [-0.25, -0.2) is 0 Å². The Kier molecular flexibility index (Phi) is 8.97. The first-order valence-corrected chi connectivity index (χ1v) is 8.24. The van der Waals surface area contributed by atoms with Crippen LogP contribution in [0.3, 0.4) is 0 Å². The average molecular weight is 366 g/mol. The summed E-state index contributed by atoms with van der Waals surface area (Å²) >= 11 is 0. The monoisotopic (exact) mass is 366 g/mol. The Morgan fingerprint density at radius 1 is 1.19 bits per heavy atom. The highest BCUT2D eigenvalue weighted by atomic mass is 16.5. The first-order chi connectivity index (χ1) is 12.4. The molecule has 1 rings (SSSR count). The van der Waals surface area contributed by atoms with Crippen LogP contribution in [0.4, 0.5) is 0 Å². The van der Waals surface area contributed by atoms with Gasteiger partial charge < -0.3 is 24.4 Å². The number of nitrogens with zero attached hydrogens (tertiary/aromatic N) is 1. The van der Waals surface area contributed by atoms with E-state index >= 15 is 0 Å². The van der Waals surface area contributed by atoms with Crippen molar-refractivity contribution in [3.8, 4) is 11.5 Å². The molecule has 0 radical (unpaired) electrons. The lowest BCUT2D eigenvalue weighted by molar-refractivity contribution is -0.146. The van der Waals surface area contributed by atoms with Gasteiger partial charge in [-0.3, -0.25) is 14.4 Å². The van der Waals surface area contributed by atoms with Crippen molar-refractivity contribution in [1.82, 2.24) is 10.2 Å². The van der Waals surface area contributed by atoms with Crippen molar-refractivity contribution in [3.05, 3.63) is 24.3 Å². The van der Waals surface area contributed by atoms with Crippen LogP contribution in [0.2, 0.25) is 0 Å². The third kappa shape index (κ3) is 7.42. The SMILES string of the molecule is COC(=O)C(C)CN(CCNC(C)=O)C(=O)COc1cccc(OC)c1. The van der Waals surface area contributed by atoms with Crippen LogP contribution in [0.15, 0.2) is 24.3 Å². The van der Waals surface area contributed by atoms with Crippen molar-refractivity contribution < 1.29 is 28.6 Å². The van der Waals surface area contributed by atoms with Gasteiger partial charge in [0.2, 0.25) is 5.91 Å². The topological polar surface area (TPSA) is 94.2 Å². The molecule has 1 aromatic carbocycles. The van der Waals surface area contributed by atoms with Crippen LogP contribution in [-0.2, 0) is 19.1 Å². The molecule has 0 aliphatic carbocycles. The molecule has 0 bridgehead atoms. The highest BCUT2D eigenvalue weighted by molar-refractivity contribution is 5.79. The molecule has 1 aromatic rings. The van der Waals surface area contributed by atoms with Crippen LogP contribution in [0, 0.1) is 5.92 Å². The van der Waals surface area contributed by atoms with Crippen LogP contribution in [0.1, 0.15) is 13.8 Å². The molecule has 0 aliphatic rings. The number of esters is 1. The third-order valence-electron chi connectivity index (χ3n) is 3.61. The number of amides is 2. The summed E-state index contributed by atoms with van der Waals surface area (Å²) in [5, 5.41) is 2.63. The van der Waals surface area contributed by atoms with Crippen LogP contribution < -0.4 is 14.8 Å². The Morgan fingerprint density at radius 2 is 1.88 bits per heavy atom. The van der Waals surface area contributed by atoms with Gasteiger partial charge in [-0.05, 0) is 12.1 Å². The smallest absolute Gasteiger partial charge is 0.310 e. The van der Waals surface area contributed by atoms with E-state index in [1.807, 2.05) is 0 Å². The minimum absolute atomic E-state index is 0.173. The number of hydrogen-bond acceptors (Lipinski definition) is 6. The van der Waals surface area contributed by atoms with Gasteiger partial charge in [0.25, 0.3) is 5.91 Å². The molecular formula is C18H26N2O6. The molecule has 0 aromatic heterocycles. The number of nitrogens with one attached hydrogen (secondary N) is 1. The van der Waals surface area contributed by atoms with Gasteiger partial charge in [0.1, 0.15) is 11.5 Å². The Balaban J connectivity index is 2.68. The van der Waals surface area contributed by atoms with E-state index in [0.717, 1.165) is 0 Å². The fourth-order valence-corrected chi connectivity index (χ4v) is 2.22. The van der Waals surface area contributed by atoms with Gasteiger partial charge in [-0.1, -0.05) is 13.0 Å². The molecule has 0 saturated carbocycles. The summed E-state index contributed by atoms with van der Waals surface area (Å²) in [6, 6.07) is 6.92. The zero-order valence-corrected chi connectivity index (χ0v) is 15.6. The van der Waals surface area contributed by atoms with Gasteiger partial charge in [0.15, 0.2) is 6.61 Å². The average Bonchev–Trinajstić information content (AvgIpc) is 2.64. The van der Waals surface area contributed by atoms with Gasteiger partial charge in [-0.2, -0.15) is 0 Å². The first-order valence-electron chi connectivity index (χ1n) is 8.24. The van der Waals surface area contributed by atoms with Crippen LogP contribution in [-0.4, -0.2) is 63.1 Å². The van der Waals surface area contributed by atoms with E-state index in [1.165, 1.54) is 18.9 Å². The third-order valence-corrected chi connectivity index (χ3v) is 3.61. The largest absolute Gasteiger partial charge is 0.497 e. The molecule has 1 N–H and O–H groups in total. The molecule has 1 atom stereocenters. The van der Waals surface area contributed by atoms with Crippen molar-refractivity contribution in [1.29, 1.82) is 0 Å². The minimum atomic E-state index is -0.488. The molecule has 0 heterocycles. The maximum atomic E-state index is 12.5. The first kappa shape index (κ1) is 21.3. The fourth-order valence-electron chi connectivity index (χ4n) is 2.22. The van der Waals surface area contributed by atoms with Gasteiger partial charge >= 0.3 is 5.97 Å². The number of hydrogen-bond donors (Lipinski definition) is 1. The summed E-state index contributed by atoms with van der Waals surface area (Å²) in [6.07, 6.45) is 0. The summed E-state index contributed by atoms with van der Waals surface area (Å²) in [4.78, 5) is 36.6. The second kappa shape index (κ2) is 11.0. The molecule has 0 fully saturated rings. The zero-order valence-electron chi connectivity index (χ0n) is 15.6. The second-order valence-electron chi connectivity index (χ2n) is 5.71. The minimum Gasteiger partial charge on any atom is -0.497 e. The number of carbonyl (C=O) groups is 3.